The van der Waals surface area contributed by atoms with Crippen molar-refractivity contribution in [1.82, 2.24) is 5.32 Å². The van der Waals surface area contributed by atoms with E-state index in [0.717, 1.165) is 45.2 Å². The molecule has 2 N–H and O–H groups in total. The van der Waals surface area contributed by atoms with Crippen LogP contribution in [0.15, 0.2) is 24.3 Å². The minimum absolute atomic E-state index is 0.162. The SMILES string of the molecule is CN(CCCNC1CCC(C(=O)O)CC1)c1ccccc1F. The van der Waals surface area contributed by atoms with Crippen LogP contribution in [0.3, 0.4) is 0 Å². The highest BCUT2D eigenvalue weighted by Gasteiger charge is 2.25. The van der Waals surface area contributed by atoms with Gasteiger partial charge in [-0.25, -0.2) is 4.39 Å². The zero-order valence-electron chi connectivity index (χ0n) is 13.1. The average Bonchev–Trinajstić information content (AvgIpc) is 2.52. The maximum atomic E-state index is 13.6. The summed E-state index contributed by atoms with van der Waals surface area (Å²) in [5, 5.41) is 12.5. The molecule has 1 aromatic carbocycles. The fourth-order valence-corrected chi connectivity index (χ4v) is 3.05. The van der Waals surface area contributed by atoms with Crippen LogP contribution < -0.4 is 10.2 Å². The van der Waals surface area contributed by atoms with Crippen LogP contribution in [0.5, 0.6) is 0 Å². The van der Waals surface area contributed by atoms with E-state index >= 15 is 0 Å². The highest BCUT2D eigenvalue weighted by Crippen LogP contribution is 2.24. The van der Waals surface area contributed by atoms with Crippen molar-refractivity contribution in [2.75, 3.05) is 25.0 Å². The fourth-order valence-electron chi connectivity index (χ4n) is 3.05. The molecule has 0 atom stereocenters. The van der Waals surface area contributed by atoms with Crippen LogP contribution >= 0.6 is 0 Å². The van der Waals surface area contributed by atoms with Crippen LogP contribution in [0.2, 0.25) is 0 Å². The van der Waals surface area contributed by atoms with Crippen LogP contribution in [0.1, 0.15) is 32.1 Å². The second kappa shape index (κ2) is 8.13. The molecule has 0 amide bonds. The molecule has 122 valence electrons. The van der Waals surface area contributed by atoms with Crippen molar-refractivity contribution in [3.8, 4) is 0 Å². The van der Waals surface area contributed by atoms with Crippen molar-refractivity contribution in [2.24, 2.45) is 5.92 Å². The number of hydrogen-bond donors (Lipinski definition) is 2. The predicted octanol–water partition coefficient (Wildman–Crippen LogP) is 2.89. The quantitative estimate of drug-likeness (QED) is 0.761. The van der Waals surface area contributed by atoms with Crippen LogP contribution in [0.25, 0.3) is 0 Å². The average molecular weight is 308 g/mol. The van der Waals surface area contributed by atoms with Gasteiger partial charge < -0.3 is 15.3 Å². The van der Waals surface area contributed by atoms with E-state index in [0.29, 0.717) is 11.7 Å². The van der Waals surface area contributed by atoms with Gasteiger partial charge in [0.1, 0.15) is 5.82 Å². The first-order valence-electron chi connectivity index (χ1n) is 8.00. The molecule has 0 saturated heterocycles. The lowest BCUT2D eigenvalue weighted by atomic mass is 9.86. The van der Waals surface area contributed by atoms with Crippen molar-refractivity contribution in [2.45, 2.75) is 38.1 Å². The van der Waals surface area contributed by atoms with Gasteiger partial charge in [-0.1, -0.05) is 12.1 Å². The van der Waals surface area contributed by atoms with Gasteiger partial charge in [-0.2, -0.15) is 0 Å². The minimum atomic E-state index is -0.662. The Labute approximate surface area is 131 Å². The van der Waals surface area contributed by atoms with Gasteiger partial charge in [0.15, 0.2) is 0 Å². The van der Waals surface area contributed by atoms with Crippen molar-refractivity contribution in [3.63, 3.8) is 0 Å². The number of aliphatic carboxylic acids is 1. The Balaban J connectivity index is 1.64. The van der Waals surface area contributed by atoms with Gasteiger partial charge in [0.05, 0.1) is 11.6 Å². The molecule has 22 heavy (non-hydrogen) atoms. The van der Waals surface area contributed by atoms with Gasteiger partial charge in [0.2, 0.25) is 0 Å². The minimum Gasteiger partial charge on any atom is -0.481 e. The Morgan fingerprint density at radius 3 is 2.64 bits per heavy atom. The number of nitrogens with one attached hydrogen (secondary N) is 1. The summed E-state index contributed by atoms with van der Waals surface area (Å²) in [5.41, 5.74) is 0.629. The molecule has 1 aromatic rings. The first kappa shape index (κ1) is 16.7. The highest BCUT2D eigenvalue weighted by molar-refractivity contribution is 5.70. The van der Waals surface area contributed by atoms with Crippen LogP contribution in [0, 0.1) is 11.7 Å². The molecule has 0 bridgehead atoms. The van der Waals surface area contributed by atoms with E-state index in [-0.39, 0.29) is 11.7 Å². The molecule has 0 aromatic heterocycles. The molecule has 0 heterocycles. The Hall–Kier alpha value is -1.62. The number of anilines is 1. The third-order valence-corrected chi connectivity index (χ3v) is 4.44. The van der Waals surface area contributed by atoms with Gasteiger partial charge in [0, 0.05) is 19.6 Å². The van der Waals surface area contributed by atoms with Crippen LogP contribution in [-0.4, -0.2) is 37.3 Å². The van der Waals surface area contributed by atoms with Crippen molar-refractivity contribution < 1.29 is 14.3 Å². The summed E-state index contributed by atoms with van der Waals surface area (Å²) in [4.78, 5) is 12.8. The Morgan fingerprint density at radius 2 is 2.00 bits per heavy atom. The van der Waals surface area contributed by atoms with Crippen molar-refractivity contribution >= 4 is 11.7 Å². The summed E-state index contributed by atoms with van der Waals surface area (Å²) in [6.07, 6.45) is 4.33. The van der Waals surface area contributed by atoms with Crippen molar-refractivity contribution in [3.05, 3.63) is 30.1 Å². The molecule has 0 unspecified atom stereocenters. The lowest BCUT2D eigenvalue weighted by molar-refractivity contribution is -0.142. The Bertz CT molecular complexity index is 487. The molecule has 0 spiro atoms. The van der Waals surface area contributed by atoms with E-state index in [1.54, 1.807) is 12.1 Å². The number of carboxylic acid groups (broad SMARTS) is 1. The maximum absolute atomic E-state index is 13.6. The van der Waals surface area contributed by atoms with Crippen LogP contribution in [-0.2, 0) is 4.79 Å². The molecule has 0 aliphatic heterocycles. The van der Waals surface area contributed by atoms with Crippen LogP contribution in [0.4, 0.5) is 10.1 Å². The summed E-state index contributed by atoms with van der Waals surface area (Å²) < 4.78 is 13.6. The van der Waals surface area contributed by atoms with Gasteiger partial charge in [-0.3, -0.25) is 4.79 Å². The summed E-state index contributed by atoms with van der Waals surface area (Å²) in [7, 11) is 1.90. The molecule has 1 fully saturated rings. The third-order valence-electron chi connectivity index (χ3n) is 4.44. The molecular formula is C17H25FN2O2. The zero-order valence-corrected chi connectivity index (χ0v) is 13.1. The standard InChI is InChI=1S/C17H25FN2O2/c1-20(16-6-3-2-5-15(16)18)12-4-11-19-14-9-7-13(8-10-14)17(21)22/h2-3,5-6,13-14,19H,4,7-12H2,1H3,(H,21,22). The second-order valence-electron chi connectivity index (χ2n) is 6.07. The molecule has 0 radical (unpaired) electrons. The topological polar surface area (TPSA) is 52.6 Å². The normalized spacial score (nSPS) is 21.5. The van der Waals surface area contributed by atoms with Gasteiger partial charge in [0.25, 0.3) is 0 Å². The summed E-state index contributed by atoms with van der Waals surface area (Å²) in [6.45, 7) is 1.67. The third kappa shape index (κ3) is 4.70. The van der Waals surface area contributed by atoms with E-state index in [2.05, 4.69) is 5.32 Å². The largest absolute Gasteiger partial charge is 0.481 e. The van der Waals surface area contributed by atoms with E-state index in [4.69, 9.17) is 5.11 Å². The van der Waals surface area contributed by atoms with E-state index in [1.807, 2.05) is 18.0 Å². The van der Waals surface area contributed by atoms with E-state index < -0.39 is 5.97 Å². The zero-order chi connectivity index (χ0) is 15.9. The van der Waals surface area contributed by atoms with Gasteiger partial charge in [-0.05, 0) is 50.8 Å². The summed E-state index contributed by atoms with van der Waals surface area (Å²) in [5.74, 6) is -1.01. The number of nitrogens with zero attached hydrogens (tertiary/aromatic N) is 1. The number of carboxylic acids is 1. The molecule has 5 heteroatoms. The monoisotopic (exact) mass is 308 g/mol. The Kier molecular flexibility index (Phi) is 6.19. The molecule has 1 aliphatic carbocycles. The fraction of sp³-hybridized carbons (Fsp3) is 0.588. The number of rotatable bonds is 7. The maximum Gasteiger partial charge on any atom is 0.306 e. The summed E-state index contributed by atoms with van der Waals surface area (Å²) in [6, 6.07) is 7.23. The first-order chi connectivity index (χ1) is 10.6. The predicted molar refractivity (Wildman–Crippen MR) is 85.7 cm³/mol. The van der Waals surface area contributed by atoms with Gasteiger partial charge in [-0.15, -0.1) is 0 Å². The number of halogens is 1. The number of benzene rings is 1. The number of para-hydroxylation sites is 1. The smallest absolute Gasteiger partial charge is 0.306 e. The number of hydrogen-bond acceptors (Lipinski definition) is 3. The molecular weight excluding hydrogens is 283 g/mol. The molecule has 2 rings (SSSR count). The summed E-state index contributed by atoms with van der Waals surface area (Å²) >= 11 is 0. The van der Waals surface area contributed by atoms with Gasteiger partial charge >= 0.3 is 5.97 Å². The molecule has 4 nitrogen and oxygen atoms in total. The molecule has 1 saturated carbocycles. The lowest BCUT2D eigenvalue weighted by Gasteiger charge is -2.27. The van der Waals surface area contributed by atoms with E-state index in [1.165, 1.54) is 6.07 Å². The first-order valence-corrected chi connectivity index (χ1v) is 8.00. The highest BCUT2D eigenvalue weighted by atomic mass is 19.1. The lowest BCUT2D eigenvalue weighted by Crippen LogP contribution is -2.36. The second-order valence-corrected chi connectivity index (χ2v) is 6.07. The number of carbonyl (C=O) groups is 1. The Morgan fingerprint density at radius 1 is 1.32 bits per heavy atom. The molecule has 1 aliphatic rings. The van der Waals surface area contributed by atoms with Crippen molar-refractivity contribution in [1.29, 1.82) is 0 Å². The van der Waals surface area contributed by atoms with E-state index in [9.17, 15) is 9.18 Å².